The number of fused-ring (bicyclic) bond motifs is 1. The molecule has 0 radical (unpaired) electrons. The van der Waals surface area contributed by atoms with Crippen LogP contribution in [0.25, 0.3) is 0 Å². The van der Waals surface area contributed by atoms with E-state index >= 15 is 0 Å². The van der Waals surface area contributed by atoms with Gasteiger partial charge in [-0.25, -0.2) is 0 Å². The molecule has 1 unspecified atom stereocenters. The first kappa shape index (κ1) is 37.1. The molecule has 52 heavy (non-hydrogen) atoms. The highest BCUT2D eigenvalue weighted by atomic mass is 16.5. The molecule has 1 aliphatic heterocycles. The second kappa shape index (κ2) is 18.2. The van der Waals surface area contributed by atoms with E-state index < -0.39 is 41.6 Å². The normalized spacial score (nSPS) is 13.6. The summed E-state index contributed by atoms with van der Waals surface area (Å²) in [6.07, 6.45) is 0.101. The van der Waals surface area contributed by atoms with Crippen molar-refractivity contribution in [2.24, 2.45) is 0 Å². The Kier molecular flexibility index (Phi) is 13.0. The van der Waals surface area contributed by atoms with Gasteiger partial charge in [0.25, 0.3) is 5.91 Å². The molecule has 270 valence electrons. The van der Waals surface area contributed by atoms with Crippen LogP contribution < -0.4 is 35.6 Å². The zero-order valence-corrected chi connectivity index (χ0v) is 29.2. The molecule has 0 bridgehead atoms. The molecule has 4 amide bonds. The van der Waals surface area contributed by atoms with E-state index in [1.54, 1.807) is 55.6 Å². The number of benzene rings is 4. The number of ether oxygens (including phenoxy) is 2. The number of nitrogens with zero attached hydrogens (tertiary/aromatic N) is 1. The summed E-state index contributed by atoms with van der Waals surface area (Å²) in [5.74, 6) is -2.03. The molecule has 4 aromatic rings. The minimum atomic E-state index is -1.23. The number of anilines is 1. The second-order valence-electron chi connectivity index (χ2n) is 12.4. The van der Waals surface area contributed by atoms with Crippen molar-refractivity contribution in [1.82, 2.24) is 21.3 Å². The molecule has 1 heterocycles. The molecule has 1 aliphatic rings. The summed E-state index contributed by atoms with van der Waals surface area (Å²) in [6.45, 7) is 2.59. The van der Waals surface area contributed by atoms with E-state index in [9.17, 15) is 24.0 Å². The number of hydrogen-bond donors (Lipinski definition) is 4. The van der Waals surface area contributed by atoms with Crippen LogP contribution in [-0.4, -0.2) is 74.3 Å². The van der Waals surface area contributed by atoms with Gasteiger partial charge in [-0.05, 0) is 47.9 Å². The molecule has 0 fully saturated rings. The lowest BCUT2D eigenvalue weighted by Gasteiger charge is -2.31. The lowest BCUT2D eigenvalue weighted by Crippen LogP contribution is -2.57. The van der Waals surface area contributed by atoms with Crippen molar-refractivity contribution in [3.63, 3.8) is 0 Å². The molecule has 4 aromatic carbocycles. The molecule has 0 aromatic heterocycles. The molecule has 3 atom stereocenters. The Balaban J connectivity index is 1.29. The highest BCUT2D eigenvalue weighted by Crippen LogP contribution is 2.30. The number of para-hydroxylation sites is 2. The number of nitrogens with one attached hydrogen (secondary N) is 4. The van der Waals surface area contributed by atoms with Crippen LogP contribution in [0, 0.1) is 0 Å². The van der Waals surface area contributed by atoms with E-state index in [2.05, 4.69) is 21.3 Å². The molecule has 4 N–H and O–H groups in total. The summed E-state index contributed by atoms with van der Waals surface area (Å²) in [7, 11) is 1.54. The third-order valence-corrected chi connectivity index (χ3v) is 8.60. The van der Waals surface area contributed by atoms with Crippen molar-refractivity contribution in [3.8, 4) is 11.5 Å². The molecule has 12 nitrogen and oxygen atoms in total. The molecule has 0 saturated carbocycles. The largest absolute Gasteiger partial charge is 0.497 e. The van der Waals surface area contributed by atoms with E-state index in [0.29, 0.717) is 30.2 Å². The van der Waals surface area contributed by atoms with Gasteiger partial charge in [0.15, 0.2) is 0 Å². The molecule has 0 saturated heterocycles. The summed E-state index contributed by atoms with van der Waals surface area (Å²) >= 11 is 0. The Labute approximate surface area is 302 Å². The maximum absolute atomic E-state index is 14.0. The van der Waals surface area contributed by atoms with Gasteiger partial charge in [-0.1, -0.05) is 84.9 Å². The van der Waals surface area contributed by atoms with Crippen LogP contribution in [0.5, 0.6) is 11.5 Å². The van der Waals surface area contributed by atoms with Crippen molar-refractivity contribution in [2.45, 2.75) is 44.4 Å². The van der Waals surface area contributed by atoms with Crippen LogP contribution in [0.15, 0.2) is 109 Å². The predicted molar refractivity (Wildman–Crippen MR) is 196 cm³/mol. The van der Waals surface area contributed by atoms with E-state index in [4.69, 9.17) is 9.47 Å². The Hall–Kier alpha value is -6.17. The molecular formula is C40H43N5O7. The van der Waals surface area contributed by atoms with E-state index in [0.717, 1.165) is 16.8 Å². The lowest BCUT2D eigenvalue weighted by atomic mass is 9.99. The quantitative estimate of drug-likeness (QED) is 0.130. The fourth-order valence-corrected chi connectivity index (χ4v) is 5.78. The van der Waals surface area contributed by atoms with E-state index in [1.807, 2.05) is 65.6 Å². The van der Waals surface area contributed by atoms with Gasteiger partial charge in [-0.2, -0.15) is 0 Å². The molecular weight excluding hydrogens is 662 g/mol. The maximum Gasteiger partial charge on any atom is 0.289 e. The van der Waals surface area contributed by atoms with Crippen LogP contribution in [0.3, 0.4) is 0 Å². The highest BCUT2D eigenvalue weighted by molar-refractivity contribution is 6.38. The van der Waals surface area contributed by atoms with Crippen LogP contribution in [0.1, 0.15) is 23.6 Å². The number of amides is 4. The van der Waals surface area contributed by atoms with E-state index in [1.165, 1.54) is 6.92 Å². The monoisotopic (exact) mass is 705 g/mol. The Morgan fingerprint density at radius 2 is 1.31 bits per heavy atom. The van der Waals surface area contributed by atoms with Crippen molar-refractivity contribution in [1.29, 1.82) is 0 Å². The van der Waals surface area contributed by atoms with Crippen LogP contribution >= 0.6 is 0 Å². The zero-order valence-electron chi connectivity index (χ0n) is 29.2. The average Bonchev–Trinajstić information content (AvgIpc) is 3.17. The number of rotatable bonds is 16. The molecule has 5 rings (SSSR count). The van der Waals surface area contributed by atoms with Crippen molar-refractivity contribution < 1.29 is 33.4 Å². The Morgan fingerprint density at radius 3 is 2.00 bits per heavy atom. The number of ketones is 1. The smallest absolute Gasteiger partial charge is 0.289 e. The fourth-order valence-electron chi connectivity index (χ4n) is 5.78. The first-order chi connectivity index (χ1) is 25.2. The van der Waals surface area contributed by atoms with Crippen molar-refractivity contribution in [2.75, 3.05) is 31.7 Å². The SMILES string of the molecule is COc1ccc(C[C@H](NC(=O)[C@H](C)NC(=O)CN2CCOc3ccccc32)C(=O)NC(Cc2ccccc2)C(=O)C(=O)NCc2ccccc2)cc1. The standard InChI is InChI=1S/C40H43N5O7/c1-27(42-36(46)26-45-21-22-52-35-16-10-9-15-34(35)45)38(48)44-33(24-29-17-19-31(51-2)20-18-29)39(49)43-32(23-28-11-5-3-6-12-28)37(47)40(50)41-25-30-13-7-4-8-14-30/h3-20,27,32-33H,21-26H2,1-2H3,(H,41,50)(H,42,46)(H,43,49)(H,44,48)/t27-,32?,33-/m0/s1. The topological polar surface area (TPSA) is 155 Å². The van der Waals surface area contributed by atoms with Gasteiger partial charge in [0.2, 0.25) is 23.5 Å². The van der Waals surface area contributed by atoms with Gasteiger partial charge >= 0.3 is 0 Å². The van der Waals surface area contributed by atoms with Crippen LogP contribution in [-0.2, 0) is 43.4 Å². The zero-order chi connectivity index (χ0) is 36.9. The number of carbonyl (C=O) groups excluding carboxylic acids is 5. The number of Topliss-reactive ketones (excluding diaryl/α,β-unsaturated/α-hetero) is 1. The summed E-state index contributed by atoms with van der Waals surface area (Å²) in [6, 6.07) is 29.2. The summed E-state index contributed by atoms with van der Waals surface area (Å²) in [5.41, 5.74) is 3.03. The van der Waals surface area contributed by atoms with Gasteiger partial charge in [-0.3, -0.25) is 24.0 Å². The third-order valence-electron chi connectivity index (χ3n) is 8.60. The molecule has 0 aliphatic carbocycles. The number of methoxy groups -OCH3 is 1. The summed E-state index contributed by atoms with van der Waals surface area (Å²) in [4.78, 5) is 69.1. The maximum atomic E-state index is 14.0. The van der Waals surface area contributed by atoms with Crippen molar-refractivity contribution in [3.05, 3.63) is 126 Å². The minimum absolute atomic E-state index is 0.00334. The Bertz CT molecular complexity index is 1840. The van der Waals surface area contributed by atoms with E-state index in [-0.39, 0.29) is 31.8 Å². The highest BCUT2D eigenvalue weighted by Gasteiger charge is 2.32. The van der Waals surface area contributed by atoms with Gasteiger partial charge < -0.3 is 35.6 Å². The minimum Gasteiger partial charge on any atom is -0.497 e. The van der Waals surface area contributed by atoms with Gasteiger partial charge in [0, 0.05) is 19.4 Å². The first-order valence-electron chi connectivity index (χ1n) is 17.1. The van der Waals surface area contributed by atoms with Crippen molar-refractivity contribution >= 4 is 35.1 Å². The van der Waals surface area contributed by atoms with Gasteiger partial charge in [0.05, 0.1) is 25.9 Å². The number of hydrogen-bond acceptors (Lipinski definition) is 8. The number of carbonyl (C=O) groups is 5. The summed E-state index contributed by atoms with van der Waals surface area (Å²) in [5, 5.41) is 10.9. The lowest BCUT2D eigenvalue weighted by molar-refractivity contribution is -0.140. The average molecular weight is 706 g/mol. The second-order valence-corrected chi connectivity index (χ2v) is 12.4. The first-order valence-corrected chi connectivity index (χ1v) is 17.1. The van der Waals surface area contributed by atoms with Gasteiger partial charge in [0.1, 0.15) is 36.2 Å². The predicted octanol–water partition coefficient (Wildman–Crippen LogP) is 2.74. The summed E-state index contributed by atoms with van der Waals surface area (Å²) < 4.78 is 10.9. The molecule has 12 heteroatoms. The van der Waals surface area contributed by atoms with Gasteiger partial charge in [-0.15, -0.1) is 0 Å². The third kappa shape index (κ3) is 10.4. The Morgan fingerprint density at radius 1 is 0.712 bits per heavy atom. The van der Waals surface area contributed by atoms with Crippen LogP contribution in [0.4, 0.5) is 5.69 Å². The fraction of sp³-hybridized carbons (Fsp3) is 0.275. The van der Waals surface area contributed by atoms with Crippen LogP contribution in [0.2, 0.25) is 0 Å². The molecule has 0 spiro atoms.